The minimum Gasteiger partial charge on any atom is -0.354 e. The first kappa shape index (κ1) is 18.8. The minimum atomic E-state index is -0.332. The highest BCUT2D eigenvalue weighted by Gasteiger charge is 2.18. The molecule has 0 aliphatic carbocycles. The molecule has 138 valence electrons. The van der Waals surface area contributed by atoms with Crippen LogP contribution in [0.25, 0.3) is 0 Å². The number of pyridine rings is 1. The van der Waals surface area contributed by atoms with Crippen LogP contribution in [0.3, 0.4) is 0 Å². The summed E-state index contributed by atoms with van der Waals surface area (Å²) in [5.41, 5.74) is 1.77. The summed E-state index contributed by atoms with van der Waals surface area (Å²) in [4.78, 5) is 21.3. The second-order valence-corrected chi connectivity index (χ2v) is 7.33. The normalized spacial score (nSPS) is 15.1. The van der Waals surface area contributed by atoms with Gasteiger partial charge in [0.25, 0.3) is 0 Å². The molecule has 0 bridgehead atoms. The quantitative estimate of drug-likeness (QED) is 0.807. The van der Waals surface area contributed by atoms with Crippen molar-refractivity contribution in [2.24, 2.45) is 0 Å². The summed E-state index contributed by atoms with van der Waals surface area (Å²) in [7, 11) is 2.12. The maximum atomic E-state index is 13.3. The average Bonchev–Trinajstić information content (AvgIpc) is 2.64. The second kappa shape index (κ2) is 8.60. The number of carbonyl (C=O) groups excluding carboxylic acids is 1. The van der Waals surface area contributed by atoms with Crippen LogP contribution in [-0.4, -0.2) is 49.0 Å². The molecule has 1 amide bonds. The van der Waals surface area contributed by atoms with Crippen LogP contribution in [0.1, 0.15) is 11.1 Å². The highest BCUT2D eigenvalue weighted by molar-refractivity contribution is 9.10. The van der Waals surface area contributed by atoms with Gasteiger partial charge in [0, 0.05) is 44.5 Å². The fourth-order valence-electron chi connectivity index (χ4n) is 2.96. The Bertz CT molecular complexity index is 778. The summed E-state index contributed by atoms with van der Waals surface area (Å²) < 4.78 is 13.7. The molecule has 7 heteroatoms. The molecule has 1 N–H and O–H groups in total. The van der Waals surface area contributed by atoms with Crippen LogP contribution >= 0.6 is 15.9 Å². The summed E-state index contributed by atoms with van der Waals surface area (Å²) in [6, 6.07) is 8.50. The topological polar surface area (TPSA) is 48.5 Å². The van der Waals surface area contributed by atoms with Gasteiger partial charge in [-0.15, -0.1) is 0 Å². The van der Waals surface area contributed by atoms with E-state index in [4.69, 9.17) is 0 Å². The number of rotatable bonds is 5. The molecule has 26 heavy (non-hydrogen) atoms. The van der Waals surface area contributed by atoms with Crippen molar-refractivity contribution in [2.45, 2.75) is 13.0 Å². The molecule has 1 saturated heterocycles. The average molecular weight is 421 g/mol. The van der Waals surface area contributed by atoms with Gasteiger partial charge < -0.3 is 15.1 Å². The zero-order chi connectivity index (χ0) is 18.5. The Morgan fingerprint density at radius 1 is 1.27 bits per heavy atom. The van der Waals surface area contributed by atoms with Gasteiger partial charge in [-0.25, -0.2) is 9.37 Å². The fourth-order valence-corrected chi connectivity index (χ4v) is 3.39. The maximum Gasteiger partial charge on any atom is 0.224 e. The largest absolute Gasteiger partial charge is 0.354 e. The van der Waals surface area contributed by atoms with E-state index >= 15 is 0 Å². The van der Waals surface area contributed by atoms with E-state index in [1.54, 1.807) is 18.3 Å². The van der Waals surface area contributed by atoms with Gasteiger partial charge >= 0.3 is 0 Å². The van der Waals surface area contributed by atoms with E-state index < -0.39 is 0 Å². The zero-order valence-corrected chi connectivity index (χ0v) is 16.3. The first-order valence-corrected chi connectivity index (χ1v) is 9.40. The van der Waals surface area contributed by atoms with Crippen LogP contribution in [0.15, 0.2) is 41.0 Å². The Morgan fingerprint density at radius 2 is 2.04 bits per heavy atom. The lowest BCUT2D eigenvalue weighted by molar-refractivity contribution is -0.120. The molecule has 3 rings (SSSR count). The predicted octanol–water partition coefficient (Wildman–Crippen LogP) is 2.59. The monoisotopic (exact) mass is 420 g/mol. The van der Waals surface area contributed by atoms with Crippen molar-refractivity contribution in [3.63, 3.8) is 0 Å². The van der Waals surface area contributed by atoms with Crippen molar-refractivity contribution in [2.75, 3.05) is 38.1 Å². The number of nitrogens with zero attached hydrogens (tertiary/aromatic N) is 3. The number of piperazine rings is 1. The Morgan fingerprint density at radius 3 is 2.77 bits per heavy atom. The summed E-state index contributed by atoms with van der Waals surface area (Å²) in [6.07, 6.45) is 2.00. The molecule has 1 aromatic heterocycles. The van der Waals surface area contributed by atoms with Crippen LogP contribution in [-0.2, 0) is 17.8 Å². The lowest BCUT2D eigenvalue weighted by Gasteiger charge is -2.34. The third-order valence-corrected chi connectivity index (χ3v) is 5.10. The molecule has 0 atom stereocenters. The molecule has 0 unspecified atom stereocenters. The number of amides is 1. The highest BCUT2D eigenvalue weighted by atomic mass is 79.9. The Balaban J connectivity index is 1.60. The summed E-state index contributed by atoms with van der Waals surface area (Å²) in [5, 5.41) is 2.94. The molecule has 5 nitrogen and oxygen atoms in total. The lowest BCUT2D eigenvalue weighted by atomic mass is 10.1. The van der Waals surface area contributed by atoms with E-state index in [9.17, 15) is 9.18 Å². The van der Waals surface area contributed by atoms with Crippen molar-refractivity contribution in [1.82, 2.24) is 15.2 Å². The molecule has 0 spiro atoms. The Labute approximate surface area is 161 Å². The first-order chi connectivity index (χ1) is 12.5. The Hall–Kier alpha value is -1.99. The molecule has 2 aromatic rings. The van der Waals surface area contributed by atoms with Crippen LogP contribution in [0.5, 0.6) is 0 Å². The molecule has 2 heterocycles. The zero-order valence-electron chi connectivity index (χ0n) is 14.7. The molecule has 0 radical (unpaired) electrons. The van der Waals surface area contributed by atoms with Crippen molar-refractivity contribution >= 4 is 27.7 Å². The lowest BCUT2D eigenvalue weighted by Crippen LogP contribution is -2.45. The number of benzene rings is 1. The predicted molar refractivity (Wildman–Crippen MR) is 104 cm³/mol. The van der Waals surface area contributed by atoms with Crippen LogP contribution in [0, 0.1) is 5.82 Å². The number of carbonyl (C=O) groups is 1. The van der Waals surface area contributed by atoms with E-state index in [1.807, 2.05) is 12.1 Å². The van der Waals surface area contributed by atoms with Gasteiger partial charge in [-0.3, -0.25) is 4.79 Å². The Kier molecular flexibility index (Phi) is 6.21. The number of halogens is 2. The SMILES string of the molecule is CN1CCN(c2ncccc2CNC(=O)Cc2ccc(F)c(Br)c2)CC1. The standard InChI is InChI=1S/C19H22BrFN4O/c1-24-7-9-25(10-8-24)19-15(3-2-6-22-19)13-23-18(26)12-14-4-5-17(21)16(20)11-14/h2-6,11H,7-10,12-13H2,1H3,(H,23,26). The van der Waals surface area contributed by atoms with E-state index in [-0.39, 0.29) is 18.1 Å². The van der Waals surface area contributed by atoms with E-state index in [2.05, 4.69) is 43.1 Å². The number of hydrogen-bond donors (Lipinski definition) is 1. The summed E-state index contributed by atoms with van der Waals surface area (Å²) in [5.74, 6) is 0.503. The smallest absolute Gasteiger partial charge is 0.224 e. The number of likely N-dealkylation sites (N-methyl/N-ethyl adjacent to an activating group) is 1. The van der Waals surface area contributed by atoms with Gasteiger partial charge in [-0.2, -0.15) is 0 Å². The molecule has 1 aliphatic heterocycles. The van der Waals surface area contributed by atoms with Crippen molar-refractivity contribution in [1.29, 1.82) is 0 Å². The molecule has 1 aliphatic rings. The minimum absolute atomic E-state index is 0.100. The number of aromatic nitrogens is 1. The molecule has 0 saturated carbocycles. The third-order valence-electron chi connectivity index (χ3n) is 4.50. The second-order valence-electron chi connectivity index (χ2n) is 6.48. The van der Waals surface area contributed by atoms with Crippen LogP contribution in [0.4, 0.5) is 10.2 Å². The van der Waals surface area contributed by atoms with E-state index in [0.717, 1.165) is 43.1 Å². The number of nitrogens with one attached hydrogen (secondary N) is 1. The van der Waals surface area contributed by atoms with Crippen LogP contribution in [0.2, 0.25) is 0 Å². The number of hydrogen-bond acceptors (Lipinski definition) is 4. The fraction of sp³-hybridized carbons (Fsp3) is 0.368. The van der Waals surface area contributed by atoms with Gasteiger partial charge in [-0.05, 0) is 46.7 Å². The van der Waals surface area contributed by atoms with Gasteiger partial charge in [0.15, 0.2) is 0 Å². The molecular weight excluding hydrogens is 399 g/mol. The van der Waals surface area contributed by atoms with E-state index in [0.29, 0.717) is 11.0 Å². The summed E-state index contributed by atoms with van der Waals surface area (Å²) in [6.45, 7) is 4.29. The maximum absolute atomic E-state index is 13.3. The highest BCUT2D eigenvalue weighted by Crippen LogP contribution is 2.19. The number of anilines is 1. The van der Waals surface area contributed by atoms with Crippen molar-refractivity contribution in [3.8, 4) is 0 Å². The van der Waals surface area contributed by atoms with Gasteiger partial charge in [0.2, 0.25) is 5.91 Å². The summed E-state index contributed by atoms with van der Waals surface area (Å²) >= 11 is 3.15. The van der Waals surface area contributed by atoms with Crippen LogP contribution < -0.4 is 10.2 Å². The van der Waals surface area contributed by atoms with Crippen molar-refractivity contribution in [3.05, 3.63) is 57.9 Å². The molecule has 1 aromatic carbocycles. The molecular formula is C19H22BrFN4O. The van der Waals surface area contributed by atoms with Crippen molar-refractivity contribution < 1.29 is 9.18 Å². The van der Waals surface area contributed by atoms with Gasteiger partial charge in [-0.1, -0.05) is 12.1 Å². The van der Waals surface area contributed by atoms with Gasteiger partial charge in [0.05, 0.1) is 10.9 Å². The van der Waals surface area contributed by atoms with Gasteiger partial charge in [0.1, 0.15) is 11.6 Å². The third kappa shape index (κ3) is 4.80. The first-order valence-electron chi connectivity index (χ1n) is 8.61. The van der Waals surface area contributed by atoms with E-state index in [1.165, 1.54) is 6.07 Å². The molecule has 1 fully saturated rings.